The number of nitrogens with zero attached hydrogens (tertiary/aromatic N) is 2. The maximum absolute atomic E-state index is 13.0. The van der Waals surface area contributed by atoms with E-state index >= 15 is 0 Å². The summed E-state index contributed by atoms with van der Waals surface area (Å²) in [5, 5.41) is 0.881. The maximum Gasteiger partial charge on any atom is 0.196 e. The topological polar surface area (TPSA) is 33.2 Å². The normalized spacial score (nSPS) is 13.5. The van der Waals surface area contributed by atoms with E-state index in [1.807, 2.05) is 56.3 Å². The Morgan fingerprint density at radius 2 is 2.10 bits per heavy atom. The zero-order valence-electron chi connectivity index (χ0n) is 12.3. The van der Waals surface area contributed by atoms with Crippen molar-refractivity contribution >= 4 is 35.2 Å². The number of carbonyl (C=O) groups excluding carboxylic acids is 1. The second kappa shape index (κ2) is 4.97. The van der Waals surface area contributed by atoms with Gasteiger partial charge in [-0.25, -0.2) is 0 Å². The lowest BCUT2D eigenvalue weighted by molar-refractivity contribution is 0.105. The van der Waals surface area contributed by atoms with Gasteiger partial charge in [-0.1, -0.05) is 30.9 Å². The van der Waals surface area contributed by atoms with Crippen molar-refractivity contribution in [3.05, 3.63) is 45.7 Å². The van der Waals surface area contributed by atoms with Gasteiger partial charge in [0, 0.05) is 40.7 Å². The summed E-state index contributed by atoms with van der Waals surface area (Å²) in [6, 6.07) is 5.89. The van der Waals surface area contributed by atoms with E-state index in [9.17, 15) is 4.79 Å². The Morgan fingerprint density at radius 1 is 1.33 bits per heavy atom. The van der Waals surface area contributed by atoms with Crippen LogP contribution >= 0.6 is 11.5 Å². The van der Waals surface area contributed by atoms with Crippen molar-refractivity contribution in [3.8, 4) is 11.3 Å². The lowest BCUT2D eigenvalue weighted by Gasteiger charge is -2.22. The molecule has 0 saturated carbocycles. The molecule has 0 bridgehead atoms. The number of allylic oxidation sites excluding steroid dienone is 2. The minimum atomic E-state index is 0.0463. The molecule has 0 spiro atoms. The maximum atomic E-state index is 13.0. The summed E-state index contributed by atoms with van der Waals surface area (Å²) in [7, 11) is 3.89. The van der Waals surface area contributed by atoms with Crippen molar-refractivity contribution in [2.24, 2.45) is 0 Å². The summed E-state index contributed by atoms with van der Waals surface area (Å²) in [6.07, 6.45) is 3.75. The van der Waals surface area contributed by atoms with E-state index in [-0.39, 0.29) is 5.78 Å². The highest BCUT2D eigenvalue weighted by molar-refractivity contribution is 7.03. The van der Waals surface area contributed by atoms with Gasteiger partial charge >= 0.3 is 0 Å². The monoisotopic (exact) mass is 296 g/mol. The van der Waals surface area contributed by atoms with Crippen LogP contribution in [0.5, 0.6) is 0 Å². The fourth-order valence-corrected chi connectivity index (χ4v) is 3.40. The molecule has 0 fully saturated rings. The molecule has 4 heteroatoms. The van der Waals surface area contributed by atoms with Gasteiger partial charge in [0.1, 0.15) is 0 Å². The van der Waals surface area contributed by atoms with Crippen LogP contribution < -0.4 is 14.7 Å². The van der Waals surface area contributed by atoms with Gasteiger partial charge in [0.2, 0.25) is 0 Å². The Kier molecular flexibility index (Phi) is 3.26. The SMILES string of the molecule is C=c1snc2c1=C(/C=C\C)C(=O)c1c-2cccc1N(C)C. The van der Waals surface area contributed by atoms with Crippen LogP contribution in [-0.4, -0.2) is 24.3 Å². The van der Waals surface area contributed by atoms with Gasteiger partial charge in [0.15, 0.2) is 5.78 Å². The summed E-state index contributed by atoms with van der Waals surface area (Å²) in [4.78, 5) is 14.9. The van der Waals surface area contributed by atoms with E-state index in [2.05, 4.69) is 11.0 Å². The summed E-state index contributed by atoms with van der Waals surface area (Å²) >= 11 is 1.35. The minimum absolute atomic E-state index is 0.0463. The molecule has 0 saturated heterocycles. The first-order valence-corrected chi connectivity index (χ1v) is 7.50. The van der Waals surface area contributed by atoms with Crippen molar-refractivity contribution in [1.82, 2.24) is 4.37 Å². The number of benzene rings is 1. The van der Waals surface area contributed by atoms with Crippen molar-refractivity contribution in [1.29, 1.82) is 0 Å². The Morgan fingerprint density at radius 3 is 2.76 bits per heavy atom. The number of anilines is 1. The average molecular weight is 296 g/mol. The Bertz CT molecular complexity index is 875. The highest BCUT2D eigenvalue weighted by Crippen LogP contribution is 2.33. The van der Waals surface area contributed by atoms with Crippen LogP contribution in [0.4, 0.5) is 5.69 Å². The summed E-state index contributed by atoms with van der Waals surface area (Å²) in [6.45, 7) is 5.94. The fraction of sp³-hybridized carbons (Fsp3) is 0.176. The standard InChI is InChI=1S/C17H16N2OS/c1-5-7-12-14-10(2)21-18-16(14)11-8-6-9-13(19(3)4)15(11)17(12)20/h5-9H,2H2,1,3-4H3/b7-5-. The molecule has 3 nitrogen and oxygen atoms in total. The molecule has 0 amide bonds. The number of Topliss-reactive ketones (excluding diaryl/α,β-unsaturated/α-hetero) is 1. The molecule has 2 aromatic rings. The third kappa shape index (κ3) is 1.94. The Labute approximate surface area is 127 Å². The van der Waals surface area contributed by atoms with Crippen LogP contribution in [0.25, 0.3) is 23.4 Å². The number of carbonyl (C=O) groups is 1. The summed E-state index contributed by atoms with van der Waals surface area (Å²) in [5.74, 6) is 0.0463. The number of fused-ring (bicyclic) bond motifs is 3. The molecule has 1 aromatic heterocycles. The summed E-state index contributed by atoms with van der Waals surface area (Å²) < 4.78 is 5.36. The van der Waals surface area contributed by atoms with Gasteiger partial charge in [-0.15, -0.1) is 0 Å². The number of ketones is 1. The van der Waals surface area contributed by atoms with Gasteiger partial charge in [0.05, 0.1) is 11.3 Å². The number of hydrogen-bond acceptors (Lipinski definition) is 4. The van der Waals surface area contributed by atoms with Crippen LogP contribution in [0, 0.1) is 0 Å². The molecule has 0 unspecified atom stereocenters. The molecule has 1 heterocycles. The van der Waals surface area contributed by atoms with E-state index in [0.29, 0.717) is 5.57 Å². The fourth-order valence-electron chi connectivity index (χ4n) is 2.71. The Hall–Kier alpha value is -2.20. The minimum Gasteiger partial charge on any atom is -0.377 e. The lowest BCUT2D eigenvalue weighted by Crippen LogP contribution is -2.30. The van der Waals surface area contributed by atoms with Crippen LogP contribution in [0.2, 0.25) is 0 Å². The van der Waals surface area contributed by atoms with E-state index in [1.54, 1.807) is 0 Å². The van der Waals surface area contributed by atoms with Crippen LogP contribution in [0.3, 0.4) is 0 Å². The molecule has 106 valence electrons. The average Bonchev–Trinajstić information content (AvgIpc) is 2.84. The van der Waals surface area contributed by atoms with Gasteiger partial charge in [-0.2, -0.15) is 4.37 Å². The second-order valence-corrected chi connectivity index (χ2v) is 6.02. The lowest BCUT2D eigenvalue weighted by atomic mass is 9.87. The van der Waals surface area contributed by atoms with Crippen LogP contribution in [-0.2, 0) is 0 Å². The van der Waals surface area contributed by atoms with E-state index in [1.165, 1.54) is 11.5 Å². The van der Waals surface area contributed by atoms with Gasteiger partial charge in [-0.3, -0.25) is 4.79 Å². The first-order chi connectivity index (χ1) is 10.1. The molecular weight excluding hydrogens is 280 g/mol. The van der Waals surface area contributed by atoms with Crippen LogP contribution in [0.1, 0.15) is 17.3 Å². The molecule has 1 aliphatic rings. The first kappa shape index (κ1) is 13.8. The quantitative estimate of drug-likeness (QED) is 0.852. The predicted octanol–water partition coefficient (Wildman–Crippen LogP) is 2.21. The van der Waals surface area contributed by atoms with E-state index in [0.717, 1.165) is 32.3 Å². The van der Waals surface area contributed by atoms with Crippen LogP contribution in [0.15, 0.2) is 30.4 Å². The molecule has 1 aromatic carbocycles. The van der Waals surface area contributed by atoms with E-state index < -0.39 is 0 Å². The smallest absolute Gasteiger partial charge is 0.196 e. The van der Waals surface area contributed by atoms with E-state index in [4.69, 9.17) is 0 Å². The van der Waals surface area contributed by atoms with Crippen molar-refractivity contribution in [2.75, 3.05) is 19.0 Å². The Balaban J connectivity index is 2.48. The van der Waals surface area contributed by atoms with Crippen molar-refractivity contribution < 1.29 is 4.79 Å². The molecule has 0 N–H and O–H groups in total. The second-order valence-electron chi connectivity index (χ2n) is 5.17. The largest absolute Gasteiger partial charge is 0.377 e. The number of rotatable bonds is 2. The molecule has 21 heavy (non-hydrogen) atoms. The predicted molar refractivity (Wildman–Crippen MR) is 89.2 cm³/mol. The highest BCUT2D eigenvalue weighted by Gasteiger charge is 2.28. The van der Waals surface area contributed by atoms with Gasteiger partial charge in [-0.05, 0) is 24.5 Å². The van der Waals surface area contributed by atoms with Crippen molar-refractivity contribution in [2.45, 2.75) is 6.92 Å². The summed E-state index contributed by atoms with van der Waals surface area (Å²) in [5.41, 5.74) is 4.11. The van der Waals surface area contributed by atoms with Gasteiger partial charge in [0.25, 0.3) is 0 Å². The number of hydrogen-bond donors (Lipinski definition) is 0. The van der Waals surface area contributed by atoms with Gasteiger partial charge < -0.3 is 4.90 Å². The zero-order chi connectivity index (χ0) is 15.1. The zero-order valence-corrected chi connectivity index (χ0v) is 13.1. The third-order valence-corrected chi connectivity index (χ3v) is 4.31. The first-order valence-electron chi connectivity index (χ1n) is 6.73. The highest BCUT2D eigenvalue weighted by atomic mass is 32.1. The third-order valence-electron chi connectivity index (χ3n) is 3.62. The molecule has 1 aliphatic carbocycles. The number of aromatic nitrogens is 1. The van der Waals surface area contributed by atoms with Crippen molar-refractivity contribution in [3.63, 3.8) is 0 Å². The molecule has 0 radical (unpaired) electrons. The molecular formula is C17H16N2OS. The molecule has 3 rings (SSSR count). The molecule has 0 aliphatic heterocycles. The molecule has 0 atom stereocenters.